The second-order valence-corrected chi connectivity index (χ2v) is 8.24. The van der Waals surface area contributed by atoms with Crippen LogP contribution in [-0.2, 0) is 16.9 Å². The van der Waals surface area contributed by atoms with Crippen molar-refractivity contribution < 1.29 is 33.8 Å². The van der Waals surface area contributed by atoms with Crippen LogP contribution in [0.3, 0.4) is 0 Å². The zero-order valence-corrected chi connectivity index (χ0v) is 20.3. The first-order chi connectivity index (χ1) is 17.7. The van der Waals surface area contributed by atoms with Gasteiger partial charge in [0.2, 0.25) is 0 Å². The van der Waals surface area contributed by atoms with E-state index in [9.17, 15) is 24.8 Å². The standard InChI is InChI=1S/C27H24N2O8/c1-35-21-6-4-5-17(13-21)16-28-26(32)22(30)15-27(28,19-9-12-23(36-2)24(14-19)37-3)25(31)18-7-10-20(11-8-18)29(33)34/h4-15,30H,16H2,1-3H3. The fourth-order valence-corrected chi connectivity index (χ4v) is 4.37. The molecule has 1 aliphatic rings. The van der Waals surface area contributed by atoms with Crippen LogP contribution >= 0.6 is 0 Å². The van der Waals surface area contributed by atoms with E-state index in [4.69, 9.17) is 14.2 Å². The molecule has 10 heteroatoms. The molecule has 1 atom stereocenters. The lowest BCUT2D eigenvalue weighted by Gasteiger charge is -2.37. The number of rotatable bonds is 9. The molecular weight excluding hydrogens is 480 g/mol. The van der Waals surface area contributed by atoms with Crippen molar-refractivity contribution >= 4 is 17.4 Å². The van der Waals surface area contributed by atoms with E-state index in [2.05, 4.69) is 0 Å². The Balaban J connectivity index is 1.92. The molecule has 0 saturated heterocycles. The first-order valence-electron chi connectivity index (χ1n) is 11.1. The molecule has 190 valence electrons. The lowest BCUT2D eigenvalue weighted by Crippen LogP contribution is -2.49. The van der Waals surface area contributed by atoms with Crippen molar-refractivity contribution in [2.24, 2.45) is 0 Å². The summed E-state index contributed by atoms with van der Waals surface area (Å²) in [4.78, 5) is 39.3. The Morgan fingerprint density at radius 3 is 2.30 bits per heavy atom. The van der Waals surface area contributed by atoms with Crippen LogP contribution in [-0.4, -0.2) is 47.9 Å². The van der Waals surface area contributed by atoms with Crippen LogP contribution in [0, 0.1) is 10.1 Å². The van der Waals surface area contributed by atoms with E-state index in [0.29, 0.717) is 28.4 Å². The Morgan fingerprint density at radius 1 is 0.973 bits per heavy atom. The molecule has 0 aliphatic carbocycles. The minimum atomic E-state index is -1.79. The third-order valence-corrected chi connectivity index (χ3v) is 6.22. The average Bonchev–Trinajstić information content (AvgIpc) is 3.18. The summed E-state index contributed by atoms with van der Waals surface area (Å²) >= 11 is 0. The van der Waals surface area contributed by atoms with Crippen molar-refractivity contribution in [3.05, 3.63) is 105 Å². The smallest absolute Gasteiger partial charge is 0.290 e. The molecule has 1 heterocycles. The van der Waals surface area contributed by atoms with Crippen molar-refractivity contribution in [3.8, 4) is 17.2 Å². The molecule has 0 fully saturated rings. The molecule has 0 aromatic heterocycles. The number of aliphatic hydroxyl groups is 1. The fraction of sp³-hybridized carbons (Fsp3) is 0.185. The minimum Gasteiger partial charge on any atom is -0.503 e. The lowest BCUT2D eigenvalue weighted by atomic mass is 9.81. The van der Waals surface area contributed by atoms with Gasteiger partial charge in [-0.05, 0) is 47.5 Å². The van der Waals surface area contributed by atoms with Gasteiger partial charge in [-0.2, -0.15) is 0 Å². The lowest BCUT2D eigenvalue weighted by molar-refractivity contribution is -0.384. The number of amides is 1. The van der Waals surface area contributed by atoms with Crippen molar-refractivity contribution in [1.82, 2.24) is 4.90 Å². The number of ketones is 1. The number of carbonyl (C=O) groups is 2. The highest BCUT2D eigenvalue weighted by molar-refractivity contribution is 6.11. The summed E-state index contributed by atoms with van der Waals surface area (Å²) in [6.07, 6.45) is 1.19. The normalized spacial score (nSPS) is 16.8. The van der Waals surface area contributed by atoms with E-state index in [1.165, 1.54) is 56.6 Å². The van der Waals surface area contributed by atoms with E-state index in [1.54, 1.807) is 42.5 Å². The second-order valence-electron chi connectivity index (χ2n) is 8.24. The van der Waals surface area contributed by atoms with Gasteiger partial charge in [0.1, 0.15) is 5.75 Å². The quantitative estimate of drug-likeness (QED) is 0.261. The van der Waals surface area contributed by atoms with Gasteiger partial charge < -0.3 is 24.2 Å². The summed E-state index contributed by atoms with van der Waals surface area (Å²) in [5, 5.41) is 21.8. The molecule has 1 unspecified atom stereocenters. The van der Waals surface area contributed by atoms with Gasteiger partial charge in [0.25, 0.3) is 11.6 Å². The van der Waals surface area contributed by atoms with Crippen molar-refractivity contribution in [3.63, 3.8) is 0 Å². The van der Waals surface area contributed by atoms with Crippen molar-refractivity contribution in [2.45, 2.75) is 12.1 Å². The topological polar surface area (TPSA) is 128 Å². The van der Waals surface area contributed by atoms with Gasteiger partial charge >= 0.3 is 0 Å². The van der Waals surface area contributed by atoms with E-state index in [-0.39, 0.29) is 17.8 Å². The Labute approximate surface area is 212 Å². The van der Waals surface area contributed by atoms with Crippen LogP contribution in [0.4, 0.5) is 5.69 Å². The second kappa shape index (κ2) is 10.0. The average molecular weight is 504 g/mol. The van der Waals surface area contributed by atoms with Crippen LogP contribution in [0.2, 0.25) is 0 Å². The summed E-state index contributed by atoms with van der Waals surface area (Å²) in [6.45, 7) is -0.0519. The molecule has 0 radical (unpaired) electrons. The summed E-state index contributed by atoms with van der Waals surface area (Å²) in [5.74, 6) is -0.666. The highest BCUT2D eigenvalue weighted by Crippen LogP contribution is 2.44. The predicted octanol–water partition coefficient (Wildman–Crippen LogP) is 4.18. The number of nitrogens with zero attached hydrogens (tertiary/aromatic N) is 2. The maximum absolute atomic E-state index is 14.2. The van der Waals surface area contributed by atoms with Crippen molar-refractivity contribution in [2.75, 3.05) is 21.3 Å². The van der Waals surface area contributed by atoms with E-state index in [0.717, 1.165) is 0 Å². The molecule has 1 amide bonds. The van der Waals surface area contributed by atoms with Gasteiger partial charge in [-0.3, -0.25) is 19.7 Å². The Hall–Kier alpha value is -4.86. The summed E-state index contributed by atoms with van der Waals surface area (Å²) in [5.41, 5.74) is -0.897. The van der Waals surface area contributed by atoms with E-state index < -0.39 is 27.9 Å². The van der Waals surface area contributed by atoms with Crippen LogP contribution < -0.4 is 14.2 Å². The predicted molar refractivity (Wildman–Crippen MR) is 133 cm³/mol. The van der Waals surface area contributed by atoms with Crippen LogP contribution in [0.1, 0.15) is 21.5 Å². The van der Waals surface area contributed by atoms with E-state index in [1.807, 2.05) is 0 Å². The number of nitro benzene ring substituents is 1. The summed E-state index contributed by atoms with van der Waals surface area (Å²) in [6, 6.07) is 16.8. The zero-order valence-electron chi connectivity index (χ0n) is 20.3. The third-order valence-electron chi connectivity index (χ3n) is 6.22. The number of hydrogen-bond acceptors (Lipinski definition) is 8. The van der Waals surface area contributed by atoms with E-state index >= 15 is 0 Å². The van der Waals surface area contributed by atoms with Crippen molar-refractivity contribution in [1.29, 1.82) is 0 Å². The molecule has 0 bridgehead atoms. The zero-order chi connectivity index (χ0) is 26.7. The Bertz CT molecular complexity index is 1400. The Morgan fingerprint density at radius 2 is 1.68 bits per heavy atom. The van der Waals surface area contributed by atoms with Gasteiger partial charge in [0.15, 0.2) is 28.6 Å². The monoisotopic (exact) mass is 504 g/mol. The number of ether oxygens (including phenoxy) is 3. The maximum atomic E-state index is 14.2. The van der Waals surface area contributed by atoms with Crippen LogP contribution in [0.25, 0.3) is 0 Å². The highest BCUT2D eigenvalue weighted by atomic mass is 16.6. The van der Waals surface area contributed by atoms with Crippen LogP contribution in [0.5, 0.6) is 17.2 Å². The molecule has 4 rings (SSSR count). The highest BCUT2D eigenvalue weighted by Gasteiger charge is 2.52. The molecular formula is C27H24N2O8. The molecule has 1 aliphatic heterocycles. The summed E-state index contributed by atoms with van der Waals surface area (Å²) in [7, 11) is 4.42. The van der Waals surface area contributed by atoms with Crippen LogP contribution in [0.15, 0.2) is 78.6 Å². The first kappa shape index (κ1) is 25.2. The third kappa shape index (κ3) is 4.44. The Kier molecular flexibility index (Phi) is 6.83. The molecule has 3 aromatic carbocycles. The van der Waals surface area contributed by atoms with Gasteiger partial charge in [-0.1, -0.05) is 18.2 Å². The SMILES string of the molecule is COc1cccc(CN2C(=O)C(O)=CC2(C(=O)c2ccc([N+](=O)[O-])cc2)c2ccc(OC)c(OC)c2)c1. The molecule has 1 N–H and O–H groups in total. The molecule has 10 nitrogen and oxygen atoms in total. The minimum absolute atomic E-state index is 0.0519. The molecule has 0 saturated carbocycles. The van der Waals surface area contributed by atoms with Gasteiger partial charge in [-0.15, -0.1) is 0 Å². The molecule has 37 heavy (non-hydrogen) atoms. The number of aliphatic hydroxyl groups excluding tert-OH is 1. The molecule has 0 spiro atoms. The summed E-state index contributed by atoms with van der Waals surface area (Å²) < 4.78 is 16.0. The van der Waals surface area contributed by atoms with Gasteiger partial charge in [-0.25, -0.2) is 0 Å². The largest absolute Gasteiger partial charge is 0.503 e. The number of nitro groups is 1. The molecule has 3 aromatic rings. The van der Waals surface area contributed by atoms with Gasteiger partial charge in [0.05, 0.1) is 26.3 Å². The fourth-order valence-electron chi connectivity index (χ4n) is 4.37. The number of benzene rings is 3. The van der Waals surface area contributed by atoms with Gasteiger partial charge in [0, 0.05) is 30.3 Å². The number of Topliss-reactive ketones (excluding diaryl/α,β-unsaturated/α-hetero) is 1. The number of methoxy groups -OCH3 is 3. The number of hydrogen-bond donors (Lipinski definition) is 1. The number of carbonyl (C=O) groups excluding carboxylic acids is 2. The first-order valence-corrected chi connectivity index (χ1v) is 11.1. The maximum Gasteiger partial charge on any atom is 0.290 e. The number of non-ortho nitro benzene ring substituents is 1.